The van der Waals surface area contributed by atoms with Gasteiger partial charge in [0.25, 0.3) is 5.91 Å². The van der Waals surface area contributed by atoms with E-state index in [1.54, 1.807) is 17.1 Å². The van der Waals surface area contributed by atoms with Crippen molar-refractivity contribution in [1.29, 1.82) is 0 Å². The van der Waals surface area contributed by atoms with Crippen LogP contribution < -0.4 is 10.2 Å². The fourth-order valence-electron chi connectivity index (χ4n) is 2.53. The van der Waals surface area contributed by atoms with E-state index in [0.29, 0.717) is 12.1 Å². The van der Waals surface area contributed by atoms with Crippen LogP contribution in [0, 0.1) is 0 Å². The molecule has 1 aromatic carbocycles. The SMILES string of the molecule is CN(C)c1cccc(C(=O)NCc2cc(-c3ccncc3)nn2C)c1. The van der Waals surface area contributed by atoms with Gasteiger partial charge >= 0.3 is 0 Å². The quantitative estimate of drug-likeness (QED) is 0.778. The summed E-state index contributed by atoms with van der Waals surface area (Å²) in [6.45, 7) is 0.416. The molecule has 0 bridgehead atoms. The van der Waals surface area contributed by atoms with Gasteiger partial charge in [-0.2, -0.15) is 5.10 Å². The largest absolute Gasteiger partial charge is 0.378 e. The Hall–Kier alpha value is -3.15. The molecule has 3 rings (SSSR count). The van der Waals surface area contributed by atoms with Crippen LogP contribution in [-0.4, -0.2) is 34.8 Å². The zero-order valence-corrected chi connectivity index (χ0v) is 14.6. The highest BCUT2D eigenvalue weighted by molar-refractivity contribution is 5.95. The summed E-state index contributed by atoms with van der Waals surface area (Å²) in [5.41, 5.74) is 4.44. The fourth-order valence-corrected chi connectivity index (χ4v) is 2.53. The van der Waals surface area contributed by atoms with Gasteiger partial charge in [0.2, 0.25) is 0 Å². The first kappa shape index (κ1) is 16.7. The third-order valence-corrected chi connectivity index (χ3v) is 4.01. The second-order valence-electron chi connectivity index (χ2n) is 6.01. The van der Waals surface area contributed by atoms with Crippen molar-refractivity contribution >= 4 is 11.6 Å². The van der Waals surface area contributed by atoms with Crippen LogP contribution in [0.25, 0.3) is 11.3 Å². The Morgan fingerprint density at radius 1 is 1.16 bits per heavy atom. The van der Waals surface area contributed by atoms with Crippen LogP contribution in [0.5, 0.6) is 0 Å². The molecule has 0 unspecified atom stereocenters. The maximum atomic E-state index is 12.4. The molecule has 0 aliphatic rings. The lowest BCUT2D eigenvalue weighted by molar-refractivity contribution is 0.0950. The number of carbonyl (C=O) groups is 1. The number of aryl methyl sites for hydroxylation is 1. The average Bonchev–Trinajstić information content (AvgIpc) is 3.01. The van der Waals surface area contributed by atoms with Crippen LogP contribution in [0.4, 0.5) is 5.69 Å². The molecular formula is C19H21N5O. The lowest BCUT2D eigenvalue weighted by Gasteiger charge is -2.13. The number of nitrogens with one attached hydrogen (secondary N) is 1. The molecule has 0 radical (unpaired) electrons. The van der Waals surface area contributed by atoms with Gasteiger partial charge in [-0.3, -0.25) is 14.5 Å². The lowest BCUT2D eigenvalue weighted by atomic mass is 10.1. The molecule has 0 saturated carbocycles. The van der Waals surface area contributed by atoms with Crippen LogP contribution >= 0.6 is 0 Å². The number of nitrogens with zero attached hydrogens (tertiary/aromatic N) is 4. The maximum Gasteiger partial charge on any atom is 0.251 e. The third kappa shape index (κ3) is 3.85. The molecule has 0 fully saturated rings. The van der Waals surface area contributed by atoms with E-state index >= 15 is 0 Å². The number of benzene rings is 1. The summed E-state index contributed by atoms with van der Waals surface area (Å²) in [5.74, 6) is -0.102. The lowest BCUT2D eigenvalue weighted by Crippen LogP contribution is -2.24. The van der Waals surface area contributed by atoms with E-state index in [-0.39, 0.29) is 5.91 Å². The smallest absolute Gasteiger partial charge is 0.251 e. The van der Waals surface area contributed by atoms with Crippen molar-refractivity contribution in [3.63, 3.8) is 0 Å². The van der Waals surface area contributed by atoms with Gasteiger partial charge < -0.3 is 10.2 Å². The van der Waals surface area contributed by atoms with Crippen LogP contribution in [0.15, 0.2) is 54.9 Å². The Kier molecular flexibility index (Phi) is 4.79. The Balaban J connectivity index is 1.70. The molecule has 2 aromatic heterocycles. The molecule has 0 spiro atoms. The van der Waals surface area contributed by atoms with Crippen molar-refractivity contribution in [2.75, 3.05) is 19.0 Å². The normalized spacial score (nSPS) is 10.5. The van der Waals surface area contributed by atoms with Crippen molar-refractivity contribution < 1.29 is 4.79 Å². The summed E-state index contributed by atoms with van der Waals surface area (Å²) < 4.78 is 1.78. The zero-order chi connectivity index (χ0) is 17.8. The van der Waals surface area contributed by atoms with Gasteiger partial charge in [-0.05, 0) is 36.4 Å². The molecule has 0 aliphatic carbocycles. The topological polar surface area (TPSA) is 63.1 Å². The minimum Gasteiger partial charge on any atom is -0.378 e. The van der Waals surface area contributed by atoms with Crippen LogP contribution in [0.2, 0.25) is 0 Å². The van der Waals surface area contributed by atoms with Gasteiger partial charge in [-0.1, -0.05) is 6.07 Å². The number of rotatable bonds is 5. The molecule has 25 heavy (non-hydrogen) atoms. The summed E-state index contributed by atoms with van der Waals surface area (Å²) in [4.78, 5) is 18.4. The van der Waals surface area contributed by atoms with Crippen molar-refractivity contribution in [2.45, 2.75) is 6.54 Å². The molecule has 1 amide bonds. The molecule has 128 valence electrons. The molecule has 0 aliphatic heterocycles. The van der Waals surface area contributed by atoms with Gasteiger partial charge in [0.05, 0.1) is 17.9 Å². The van der Waals surface area contributed by atoms with Crippen molar-refractivity contribution in [2.24, 2.45) is 7.05 Å². The fraction of sp³-hybridized carbons (Fsp3) is 0.211. The van der Waals surface area contributed by atoms with Crippen LogP contribution in [0.3, 0.4) is 0 Å². The van der Waals surface area contributed by atoms with Crippen LogP contribution in [-0.2, 0) is 13.6 Å². The highest BCUT2D eigenvalue weighted by atomic mass is 16.1. The number of anilines is 1. The third-order valence-electron chi connectivity index (χ3n) is 4.01. The van der Waals surface area contributed by atoms with E-state index in [1.165, 1.54) is 0 Å². The molecule has 6 heteroatoms. The van der Waals surface area contributed by atoms with Gasteiger partial charge in [-0.25, -0.2) is 0 Å². The Morgan fingerprint density at radius 2 is 1.92 bits per heavy atom. The second kappa shape index (κ2) is 7.17. The number of hydrogen-bond acceptors (Lipinski definition) is 4. The first-order valence-corrected chi connectivity index (χ1v) is 8.03. The summed E-state index contributed by atoms with van der Waals surface area (Å²) in [5, 5.41) is 7.46. The summed E-state index contributed by atoms with van der Waals surface area (Å²) in [6.07, 6.45) is 3.48. The number of carbonyl (C=O) groups excluding carboxylic acids is 1. The first-order valence-electron chi connectivity index (χ1n) is 8.03. The van der Waals surface area contributed by atoms with E-state index in [0.717, 1.165) is 22.6 Å². The van der Waals surface area contributed by atoms with Gasteiger partial charge in [-0.15, -0.1) is 0 Å². The summed E-state index contributed by atoms with van der Waals surface area (Å²) in [6, 6.07) is 13.4. The number of aromatic nitrogens is 3. The predicted molar refractivity (Wildman–Crippen MR) is 98.4 cm³/mol. The van der Waals surface area contributed by atoms with Crippen molar-refractivity contribution in [1.82, 2.24) is 20.1 Å². The van der Waals surface area contributed by atoms with E-state index < -0.39 is 0 Å². The molecule has 0 saturated heterocycles. The van der Waals surface area contributed by atoms with E-state index in [2.05, 4.69) is 15.4 Å². The molecule has 3 aromatic rings. The van der Waals surface area contributed by atoms with Crippen molar-refractivity contribution in [3.05, 3.63) is 66.1 Å². The predicted octanol–water partition coefficient (Wildman–Crippen LogP) is 2.48. The summed E-state index contributed by atoms with van der Waals surface area (Å²) in [7, 11) is 5.78. The molecular weight excluding hydrogens is 314 g/mol. The summed E-state index contributed by atoms with van der Waals surface area (Å²) >= 11 is 0. The Morgan fingerprint density at radius 3 is 2.64 bits per heavy atom. The molecule has 1 N–H and O–H groups in total. The average molecular weight is 335 g/mol. The van der Waals surface area contributed by atoms with E-state index in [1.807, 2.05) is 68.5 Å². The standard InChI is InChI=1S/C19H21N5O/c1-23(2)16-6-4-5-15(11-16)19(25)21-13-17-12-18(22-24(17)3)14-7-9-20-10-8-14/h4-12H,13H2,1-3H3,(H,21,25). The highest BCUT2D eigenvalue weighted by Crippen LogP contribution is 2.18. The highest BCUT2D eigenvalue weighted by Gasteiger charge is 2.10. The number of pyridine rings is 1. The second-order valence-corrected chi connectivity index (χ2v) is 6.01. The Bertz CT molecular complexity index is 871. The first-order chi connectivity index (χ1) is 12.0. The zero-order valence-electron chi connectivity index (χ0n) is 14.6. The van der Waals surface area contributed by atoms with Gasteiger partial charge in [0.15, 0.2) is 0 Å². The van der Waals surface area contributed by atoms with Crippen molar-refractivity contribution in [3.8, 4) is 11.3 Å². The maximum absolute atomic E-state index is 12.4. The van der Waals surface area contributed by atoms with E-state index in [4.69, 9.17) is 0 Å². The number of hydrogen-bond donors (Lipinski definition) is 1. The van der Waals surface area contributed by atoms with E-state index in [9.17, 15) is 4.79 Å². The van der Waals surface area contributed by atoms with Gasteiger partial charge in [0, 0.05) is 50.4 Å². The minimum absolute atomic E-state index is 0.102. The minimum atomic E-state index is -0.102. The number of amides is 1. The molecule has 6 nitrogen and oxygen atoms in total. The monoisotopic (exact) mass is 335 g/mol. The van der Waals surface area contributed by atoms with Crippen LogP contribution in [0.1, 0.15) is 16.1 Å². The molecule has 2 heterocycles. The van der Waals surface area contributed by atoms with Gasteiger partial charge in [0.1, 0.15) is 0 Å². The molecule has 0 atom stereocenters. The Labute approximate surface area is 147 Å².